The summed E-state index contributed by atoms with van der Waals surface area (Å²) in [5, 5.41) is 13.6. The standard InChI is InChI=1S/C16H8F3N3O/c17-16(18,19)14-6-13(3-2-11(14)7-20)22-8-12-5-10(9-23)1-4-15(12)21-22/h1-6,8-9H. The first-order valence-electron chi connectivity index (χ1n) is 6.49. The van der Waals surface area contributed by atoms with Gasteiger partial charge in [0.25, 0.3) is 0 Å². The lowest BCUT2D eigenvalue weighted by Gasteiger charge is -2.10. The summed E-state index contributed by atoms with van der Waals surface area (Å²) in [6, 6.07) is 9.70. The van der Waals surface area contributed by atoms with E-state index in [-0.39, 0.29) is 5.69 Å². The molecular weight excluding hydrogens is 307 g/mol. The van der Waals surface area contributed by atoms with E-state index >= 15 is 0 Å². The maximum absolute atomic E-state index is 13.0. The number of carbonyl (C=O) groups is 1. The Morgan fingerprint density at radius 1 is 1.17 bits per heavy atom. The van der Waals surface area contributed by atoms with E-state index in [2.05, 4.69) is 5.10 Å². The van der Waals surface area contributed by atoms with Gasteiger partial charge in [-0.3, -0.25) is 4.79 Å². The summed E-state index contributed by atoms with van der Waals surface area (Å²) in [5.41, 5.74) is -0.270. The predicted molar refractivity (Wildman–Crippen MR) is 76.2 cm³/mol. The molecule has 0 radical (unpaired) electrons. The minimum Gasteiger partial charge on any atom is -0.298 e. The molecule has 0 aliphatic heterocycles. The zero-order valence-electron chi connectivity index (χ0n) is 11.5. The highest BCUT2D eigenvalue weighted by Gasteiger charge is 2.34. The number of aromatic nitrogens is 2. The van der Waals surface area contributed by atoms with E-state index in [0.29, 0.717) is 22.8 Å². The lowest BCUT2D eigenvalue weighted by Crippen LogP contribution is -2.09. The van der Waals surface area contributed by atoms with Crippen molar-refractivity contribution in [2.45, 2.75) is 6.18 Å². The van der Waals surface area contributed by atoms with E-state index in [1.54, 1.807) is 18.2 Å². The number of benzene rings is 2. The Bertz CT molecular complexity index is 951. The summed E-state index contributed by atoms with van der Waals surface area (Å²) in [5.74, 6) is 0. The molecule has 0 saturated carbocycles. The molecule has 0 N–H and O–H groups in total. The highest BCUT2D eigenvalue weighted by Crippen LogP contribution is 2.33. The molecule has 0 aliphatic carbocycles. The molecule has 23 heavy (non-hydrogen) atoms. The number of rotatable bonds is 2. The molecule has 0 spiro atoms. The van der Waals surface area contributed by atoms with Gasteiger partial charge < -0.3 is 0 Å². The third-order valence-electron chi connectivity index (χ3n) is 3.36. The molecule has 0 atom stereocenters. The largest absolute Gasteiger partial charge is 0.417 e. The Kier molecular flexibility index (Phi) is 3.37. The van der Waals surface area contributed by atoms with Crippen LogP contribution in [0.15, 0.2) is 42.6 Å². The fourth-order valence-corrected chi connectivity index (χ4v) is 2.26. The maximum atomic E-state index is 13.0. The lowest BCUT2D eigenvalue weighted by molar-refractivity contribution is -0.137. The smallest absolute Gasteiger partial charge is 0.298 e. The van der Waals surface area contributed by atoms with Crippen LogP contribution in [0.2, 0.25) is 0 Å². The van der Waals surface area contributed by atoms with E-state index in [0.717, 1.165) is 12.1 Å². The van der Waals surface area contributed by atoms with Crippen molar-refractivity contribution in [3.63, 3.8) is 0 Å². The predicted octanol–water partition coefficient (Wildman–Crippen LogP) is 3.73. The van der Waals surface area contributed by atoms with Crippen molar-refractivity contribution in [1.82, 2.24) is 9.78 Å². The molecule has 0 fully saturated rings. The van der Waals surface area contributed by atoms with Crippen molar-refractivity contribution >= 4 is 17.2 Å². The first-order chi connectivity index (χ1) is 10.9. The van der Waals surface area contributed by atoms with Gasteiger partial charge in [-0.15, -0.1) is 0 Å². The average Bonchev–Trinajstić information content (AvgIpc) is 2.96. The number of nitrogens with zero attached hydrogens (tertiary/aromatic N) is 3. The molecule has 0 bridgehead atoms. The number of fused-ring (bicyclic) bond motifs is 1. The monoisotopic (exact) mass is 315 g/mol. The van der Waals surface area contributed by atoms with Crippen LogP contribution in [-0.2, 0) is 6.18 Å². The van der Waals surface area contributed by atoms with Crippen LogP contribution in [0.25, 0.3) is 16.6 Å². The van der Waals surface area contributed by atoms with Crippen molar-refractivity contribution in [3.05, 3.63) is 59.3 Å². The molecule has 2 aromatic carbocycles. The molecular formula is C16H8F3N3O. The molecule has 114 valence electrons. The summed E-state index contributed by atoms with van der Waals surface area (Å²) in [6.07, 6.45) is -2.41. The number of halogens is 3. The van der Waals surface area contributed by atoms with Crippen LogP contribution in [0, 0.1) is 11.3 Å². The van der Waals surface area contributed by atoms with Crippen molar-refractivity contribution in [3.8, 4) is 11.8 Å². The fraction of sp³-hybridized carbons (Fsp3) is 0.0625. The number of hydrogen-bond acceptors (Lipinski definition) is 3. The molecule has 1 heterocycles. The maximum Gasteiger partial charge on any atom is 0.417 e. The molecule has 4 nitrogen and oxygen atoms in total. The molecule has 0 saturated heterocycles. The molecule has 7 heteroatoms. The lowest BCUT2D eigenvalue weighted by atomic mass is 10.1. The average molecular weight is 315 g/mol. The van der Waals surface area contributed by atoms with Gasteiger partial charge in [-0.05, 0) is 36.4 Å². The van der Waals surface area contributed by atoms with Gasteiger partial charge in [0.15, 0.2) is 0 Å². The van der Waals surface area contributed by atoms with Gasteiger partial charge in [-0.1, -0.05) is 0 Å². The van der Waals surface area contributed by atoms with Crippen LogP contribution < -0.4 is 0 Å². The van der Waals surface area contributed by atoms with Crippen LogP contribution in [0.3, 0.4) is 0 Å². The van der Waals surface area contributed by atoms with Gasteiger partial charge in [-0.25, -0.2) is 4.68 Å². The first kappa shape index (κ1) is 14.8. The highest BCUT2D eigenvalue weighted by molar-refractivity contribution is 5.86. The van der Waals surface area contributed by atoms with Crippen LogP contribution in [0.5, 0.6) is 0 Å². The summed E-state index contributed by atoms with van der Waals surface area (Å²) in [4.78, 5) is 10.8. The van der Waals surface area contributed by atoms with E-state index < -0.39 is 17.3 Å². The van der Waals surface area contributed by atoms with Crippen molar-refractivity contribution in [2.75, 3.05) is 0 Å². The van der Waals surface area contributed by atoms with Crippen molar-refractivity contribution in [1.29, 1.82) is 5.26 Å². The zero-order chi connectivity index (χ0) is 16.6. The second-order valence-electron chi connectivity index (χ2n) is 4.85. The van der Waals surface area contributed by atoms with E-state index in [1.807, 2.05) is 0 Å². The molecule has 0 unspecified atom stereocenters. The van der Waals surface area contributed by atoms with Crippen LogP contribution in [-0.4, -0.2) is 16.1 Å². The third kappa shape index (κ3) is 2.66. The summed E-state index contributed by atoms with van der Waals surface area (Å²) in [7, 11) is 0. The third-order valence-corrected chi connectivity index (χ3v) is 3.36. The van der Waals surface area contributed by atoms with E-state index in [1.165, 1.54) is 23.0 Å². The van der Waals surface area contributed by atoms with Gasteiger partial charge in [0, 0.05) is 17.1 Å². The van der Waals surface area contributed by atoms with Gasteiger partial charge in [-0.2, -0.15) is 23.5 Å². The van der Waals surface area contributed by atoms with Gasteiger partial charge in [0.05, 0.1) is 28.4 Å². The summed E-state index contributed by atoms with van der Waals surface area (Å²) in [6.45, 7) is 0. The Hall–Kier alpha value is -3.14. The Balaban J connectivity index is 2.15. The van der Waals surface area contributed by atoms with Gasteiger partial charge in [0.2, 0.25) is 0 Å². The Morgan fingerprint density at radius 2 is 1.96 bits per heavy atom. The summed E-state index contributed by atoms with van der Waals surface area (Å²) >= 11 is 0. The quantitative estimate of drug-likeness (QED) is 0.677. The minimum absolute atomic E-state index is 0.181. The first-order valence-corrected chi connectivity index (χ1v) is 6.49. The van der Waals surface area contributed by atoms with Gasteiger partial charge >= 0.3 is 6.18 Å². The highest BCUT2D eigenvalue weighted by atomic mass is 19.4. The number of aldehydes is 1. The zero-order valence-corrected chi connectivity index (χ0v) is 11.5. The molecule has 1 aromatic heterocycles. The second-order valence-corrected chi connectivity index (χ2v) is 4.85. The number of carbonyl (C=O) groups excluding carboxylic acids is 1. The second kappa shape index (κ2) is 5.25. The van der Waals surface area contributed by atoms with Crippen LogP contribution in [0.4, 0.5) is 13.2 Å². The number of hydrogen-bond donors (Lipinski definition) is 0. The molecule has 0 aliphatic rings. The Labute approximate surface area is 128 Å². The summed E-state index contributed by atoms with van der Waals surface area (Å²) < 4.78 is 40.3. The van der Waals surface area contributed by atoms with E-state index in [4.69, 9.17) is 5.26 Å². The fourth-order valence-electron chi connectivity index (χ4n) is 2.26. The van der Waals surface area contributed by atoms with Gasteiger partial charge in [0.1, 0.15) is 6.29 Å². The SMILES string of the molecule is N#Cc1ccc(-n2cc3cc(C=O)ccc3n2)cc1C(F)(F)F. The van der Waals surface area contributed by atoms with Crippen molar-refractivity contribution in [2.24, 2.45) is 0 Å². The number of nitriles is 1. The van der Waals surface area contributed by atoms with Crippen LogP contribution in [0.1, 0.15) is 21.5 Å². The molecule has 3 rings (SSSR count). The minimum atomic E-state index is -4.63. The van der Waals surface area contributed by atoms with E-state index in [9.17, 15) is 18.0 Å². The molecule has 3 aromatic rings. The number of alkyl halides is 3. The normalized spacial score (nSPS) is 11.4. The van der Waals surface area contributed by atoms with Crippen LogP contribution >= 0.6 is 0 Å². The topological polar surface area (TPSA) is 58.7 Å². The Morgan fingerprint density at radius 3 is 2.61 bits per heavy atom. The van der Waals surface area contributed by atoms with Crippen molar-refractivity contribution < 1.29 is 18.0 Å². The molecule has 0 amide bonds.